The summed E-state index contributed by atoms with van der Waals surface area (Å²) >= 11 is 4.62. The standard InChI is InChI=1S/C8H16N2O3S2/c1-7-5-10(3-2-4-13-7)15(11,12)6-8(9)14/h7H,2-6H2,1H3,(H2,9,14). The minimum atomic E-state index is -3.35. The van der Waals surface area contributed by atoms with Crippen LogP contribution in [0.2, 0.25) is 0 Å². The molecule has 1 rings (SSSR count). The molecule has 1 unspecified atom stereocenters. The van der Waals surface area contributed by atoms with Crippen LogP contribution in [0.1, 0.15) is 13.3 Å². The van der Waals surface area contributed by atoms with Crippen molar-refractivity contribution in [2.24, 2.45) is 5.73 Å². The molecule has 15 heavy (non-hydrogen) atoms. The number of rotatable bonds is 3. The lowest BCUT2D eigenvalue weighted by Crippen LogP contribution is -2.40. The molecule has 1 fully saturated rings. The quantitative estimate of drug-likeness (QED) is 0.699. The van der Waals surface area contributed by atoms with Crippen LogP contribution in [0.5, 0.6) is 0 Å². The molecule has 0 amide bonds. The maximum atomic E-state index is 11.8. The van der Waals surface area contributed by atoms with E-state index >= 15 is 0 Å². The van der Waals surface area contributed by atoms with Gasteiger partial charge in [0.25, 0.3) is 0 Å². The van der Waals surface area contributed by atoms with E-state index in [2.05, 4.69) is 12.2 Å². The summed E-state index contributed by atoms with van der Waals surface area (Å²) in [5, 5.41) is 0. The normalized spacial score (nSPS) is 24.7. The Hall–Kier alpha value is -0.240. The van der Waals surface area contributed by atoms with E-state index in [1.807, 2.05) is 6.92 Å². The van der Waals surface area contributed by atoms with E-state index in [0.29, 0.717) is 26.1 Å². The molecule has 1 saturated heterocycles. The molecule has 1 heterocycles. The van der Waals surface area contributed by atoms with Crippen LogP contribution in [0.4, 0.5) is 0 Å². The van der Waals surface area contributed by atoms with Crippen molar-refractivity contribution in [1.29, 1.82) is 0 Å². The Labute approximate surface area is 95.6 Å². The molecular weight excluding hydrogens is 236 g/mol. The Morgan fingerprint density at radius 3 is 2.93 bits per heavy atom. The van der Waals surface area contributed by atoms with E-state index in [9.17, 15) is 8.42 Å². The van der Waals surface area contributed by atoms with Gasteiger partial charge in [0.15, 0.2) is 0 Å². The number of thiocarbonyl (C=S) groups is 1. The number of hydrogen-bond acceptors (Lipinski definition) is 4. The second-order valence-corrected chi connectivity index (χ2v) is 6.11. The third kappa shape index (κ3) is 4.02. The highest BCUT2D eigenvalue weighted by molar-refractivity contribution is 7.92. The van der Waals surface area contributed by atoms with Crippen LogP contribution in [0, 0.1) is 0 Å². The van der Waals surface area contributed by atoms with Crippen molar-refractivity contribution in [3.63, 3.8) is 0 Å². The number of nitrogens with zero attached hydrogens (tertiary/aromatic N) is 1. The topological polar surface area (TPSA) is 72.6 Å². The lowest BCUT2D eigenvalue weighted by atomic mass is 10.4. The summed E-state index contributed by atoms with van der Waals surface area (Å²) in [6, 6.07) is 0. The van der Waals surface area contributed by atoms with Gasteiger partial charge in [0.2, 0.25) is 10.0 Å². The molecule has 5 nitrogen and oxygen atoms in total. The third-order valence-corrected chi connectivity index (χ3v) is 4.25. The predicted octanol–water partition coefficient (Wildman–Crippen LogP) is -0.287. The maximum Gasteiger partial charge on any atom is 0.220 e. The summed E-state index contributed by atoms with van der Waals surface area (Å²) in [6.45, 7) is 3.31. The van der Waals surface area contributed by atoms with Gasteiger partial charge in [-0.05, 0) is 13.3 Å². The molecule has 2 N–H and O–H groups in total. The van der Waals surface area contributed by atoms with Gasteiger partial charge in [-0.25, -0.2) is 8.42 Å². The summed E-state index contributed by atoms with van der Waals surface area (Å²) in [5.41, 5.74) is 5.25. The summed E-state index contributed by atoms with van der Waals surface area (Å²) < 4.78 is 30.4. The van der Waals surface area contributed by atoms with Gasteiger partial charge in [-0.15, -0.1) is 0 Å². The first kappa shape index (κ1) is 12.8. The largest absolute Gasteiger partial charge is 0.392 e. The highest BCUT2D eigenvalue weighted by Crippen LogP contribution is 2.10. The molecule has 1 aliphatic rings. The first-order valence-corrected chi connectivity index (χ1v) is 6.81. The summed E-state index contributed by atoms with van der Waals surface area (Å²) in [7, 11) is -3.35. The SMILES string of the molecule is CC1CN(S(=O)(=O)CC(N)=S)CCCO1. The van der Waals surface area contributed by atoms with Crippen LogP contribution in [-0.4, -0.2) is 49.3 Å². The zero-order valence-electron chi connectivity index (χ0n) is 8.68. The monoisotopic (exact) mass is 252 g/mol. The van der Waals surface area contributed by atoms with Gasteiger partial charge < -0.3 is 10.5 Å². The fourth-order valence-electron chi connectivity index (χ4n) is 1.48. The van der Waals surface area contributed by atoms with Crippen molar-refractivity contribution in [3.8, 4) is 0 Å². The number of ether oxygens (including phenoxy) is 1. The van der Waals surface area contributed by atoms with Crippen molar-refractivity contribution in [3.05, 3.63) is 0 Å². The Bertz CT molecular complexity index is 329. The van der Waals surface area contributed by atoms with Crippen molar-refractivity contribution < 1.29 is 13.2 Å². The summed E-state index contributed by atoms with van der Waals surface area (Å²) in [4.78, 5) is 0.00724. The molecule has 7 heteroatoms. The number of nitrogens with two attached hydrogens (primary N) is 1. The summed E-state index contributed by atoms with van der Waals surface area (Å²) in [5.74, 6) is -0.255. The molecule has 0 bridgehead atoms. The van der Waals surface area contributed by atoms with Crippen LogP contribution in [0.15, 0.2) is 0 Å². The fraction of sp³-hybridized carbons (Fsp3) is 0.875. The Morgan fingerprint density at radius 1 is 1.67 bits per heavy atom. The van der Waals surface area contributed by atoms with Crippen LogP contribution < -0.4 is 5.73 Å². The van der Waals surface area contributed by atoms with E-state index in [1.54, 1.807) is 0 Å². The number of hydrogen-bond donors (Lipinski definition) is 1. The average molecular weight is 252 g/mol. The zero-order chi connectivity index (χ0) is 11.5. The zero-order valence-corrected chi connectivity index (χ0v) is 10.3. The van der Waals surface area contributed by atoms with E-state index in [0.717, 1.165) is 0 Å². The van der Waals surface area contributed by atoms with Gasteiger partial charge in [-0.1, -0.05) is 12.2 Å². The molecule has 88 valence electrons. The molecule has 1 aliphatic heterocycles. The molecular formula is C8H16N2O3S2. The average Bonchev–Trinajstić information content (AvgIpc) is 2.27. The van der Waals surface area contributed by atoms with E-state index in [4.69, 9.17) is 10.5 Å². The van der Waals surface area contributed by atoms with Crippen molar-refractivity contribution in [2.75, 3.05) is 25.4 Å². The molecule has 0 aromatic heterocycles. The second kappa shape index (κ2) is 5.20. The van der Waals surface area contributed by atoms with Crippen LogP contribution >= 0.6 is 12.2 Å². The van der Waals surface area contributed by atoms with Gasteiger partial charge in [0.1, 0.15) is 5.75 Å². The van der Waals surface area contributed by atoms with Crippen molar-refractivity contribution >= 4 is 27.2 Å². The van der Waals surface area contributed by atoms with E-state index in [-0.39, 0.29) is 16.8 Å². The van der Waals surface area contributed by atoms with E-state index < -0.39 is 10.0 Å². The Morgan fingerprint density at radius 2 is 2.33 bits per heavy atom. The minimum absolute atomic E-state index is 0.00724. The van der Waals surface area contributed by atoms with Crippen LogP contribution in [-0.2, 0) is 14.8 Å². The number of sulfonamides is 1. The van der Waals surface area contributed by atoms with Gasteiger partial charge in [-0.2, -0.15) is 4.31 Å². The molecule has 0 spiro atoms. The predicted molar refractivity (Wildman–Crippen MR) is 62.2 cm³/mol. The lowest BCUT2D eigenvalue weighted by Gasteiger charge is -2.21. The second-order valence-electron chi connectivity index (χ2n) is 3.62. The smallest absolute Gasteiger partial charge is 0.220 e. The first-order chi connectivity index (χ1) is 6.92. The molecule has 1 atom stereocenters. The molecule has 0 aromatic rings. The Kier molecular flexibility index (Phi) is 4.45. The highest BCUT2D eigenvalue weighted by Gasteiger charge is 2.26. The van der Waals surface area contributed by atoms with Crippen LogP contribution in [0.25, 0.3) is 0 Å². The highest BCUT2D eigenvalue weighted by atomic mass is 32.2. The third-order valence-electron chi connectivity index (χ3n) is 2.13. The van der Waals surface area contributed by atoms with Gasteiger partial charge in [0, 0.05) is 19.7 Å². The van der Waals surface area contributed by atoms with E-state index in [1.165, 1.54) is 4.31 Å². The first-order valence-electron chi connectivity index (χ1n) is 4.79. The Balaban J connectivity index is 2.72. The molecule has 0 saturated carbocycles. The van der Waals surface area contributed by atoms with Crippen LogP contribution in [0.3, 0.4) is 0 Å². The lowest BCUT2D eigenvalue weighted by molar-refractivity contribution is 0.0752. The molecule has 0 aliphatic carbocycles. The fourth-order valence-corrected chi connectivity index (χ4v) is 3.31. The maximum absolute atomic E-state index is 11.8. The van der Waals surface area contributed by atoms with Gasteiger partial charge in [-0.3, -0.25) is 0 Å². The van der Waals surface area contributed by atoms with Gasteiger partial charge in [0.05, 0.1) is 11.1 Å². The molecule has 0 radical (unpaired) electrons. The van der Waals surface area contributed by atoms with Crippen molar-refractivity contribution in [1.82, 2.24) is 4.31 Å². The summed E-state index contributed by atoms with van der Waals surface area (Å²) in [6.07, 6.45) is 0.634. The molecule has 0 aromatic carbocycles. The van der Waals surface area contributed by atoms with Gasteiger partial charge >= 0.3 is 0 Å². The minimum Gasteiger partial charge on any atom is -0.392 e. The van der Waals surface area contributed by atoms with Crippen molar-refractivity contribution in [2.45, 2.75) is 19.4 Å².